The number of benzene rings is 8. The van der Waals surface area contributed by atoms with Crippen molar-refractivity contribution < 1.29 is 14.2 Å². The number of hydrogen-bond donors (Lipinski definition) is 0. The first-order chi connectivity index (χ1) is 31.9. The third-order valence-electron chi connectivity index (χ3n) is 15.3. The molecule has 1 aliphatic carbocycles. The fourth-order valence-corrected chi connectivity index (χ4v) is 12.2. The van der Waals surface area contributed by atoms with Crippen molar-refractivity contribution >= 4 is 44.1 Å². The van der Waals surface area contributed by atoms with E-state index in [2.05, 4.69) is 133 Å². The molecule has 1 saturated carbocycles. The largest absolute Gasteiger partial charge is 0.309 e. The van der Waals surface area contributed by atoms with Crippen molar-refractivity contribution in [1.29, 1.82) is 0 Å². The van der Waals surface area contributed by atoms with Gasteiger partial charge in [0.15, 0.2) is 23.3 Å². The van der Waals surface area contributed by atoms with E-state index in [4.69, 9.17) is 0 Å². The van der Waals surface area contributed by atoms with Crippen molar-refractivity contribution in [2.45, 2.75) is 44.6 Å². The predicted octanol–water partition coefficient (Wildman–Crippen LogP) is 14.1. The average Bonchev–Trinajstić information content (AvgIpc) is 3.78. The third kappa shape index (κ3) is 5.59. The monoisotopic (exact) mass is 839 g/mol. The van der Waals surface area contributed by atoms with Crippen LogP contribution in [0.25, 0.3) is 71.8 Å². The average molecular weight is 840 g/mol. The second kappa shape index (κ2) is 14.7. The maximum Gasteiger partial charge on any atom is 0.221 e. The smallest absolute Gasteiger partial charge is 0.221 e. The first-order valence-electron chi connectivity index (χ1n) is 22.9. The van der Waals surface area contributed by atoms with Gasteiger partial charge in [-0.3, -0.25) is 9.59 Å². The Bertz CT molecular complexity index is 3430. The first kappa shape index (κ1) is 38.9. The molecule has 1 fully saturated rings. The molecule has 2 aliphatic rings. The van der Waals surface area contributed by atoms with E-state index >= 15 is 0 Å². The van der Waals surface area contributed by atoms with Gasteiger partial charge < -0.3 is 4.57 Å². The highest BCUT2D eigenvalue weighted by atomic mass is 16.1. The fourth-order valence-electron chi connectivity index (χ4n) is 12.2. The Morgan fingerprint density at radius 2 is 1.05 bits per heavy atom. The lowest BCUT2D eigenvalue weighted by Crippen LogP contribution is -2.55. The highest BCUT2D eigenvalue weighted by Gasteiger charge is 2.82. The topological polar surface area (TPSA) is 43.0 Å². The second-order valence-electron chi connectivity index (χ2n) is 18.0. The molecule has 2 aromatic heterocycles. The quantitative estimate of drug-likeness (QED) is 0.107. The van der Waals surface area contributed by atoms with Crippen LogP contribution in [0.5, 0.6) is 0 Å². The number of aromatic nitrogens is 2. The molecule has 0 radical (unpaired) electrons. The zero-order valence-electron chi connectivity index (χ0n) is 36.8. The van der Waals surface area contributed by atoms with Crippen LogP contribution in [-0.4, -0.2) is 16.1 Å². The van der Waals surface area contributed by atoms with Gasteiger partial charge in [0.2, 0.25) is 5.69 Å². The van der Waals surface area contributed by atoms with Crippen molar-refractivity contribution in [2.75, 3.05) is 0 Å². The van der Waals surface area contributed by atoms with Crippen LogP contribution in [0.2, 0.25) is 0 Å². The van der Waals surface area contributed by atoms with Crippen LogP contribution >= 0.6 is 0 Å². The Hall–Kier alpha value is -7.69. The van der Waals surface area contributed by atoms with Gasteiger partial charge in [0.1, 0.15) is 0 Å². The first-order valence-corrected chi connectivity index (χ1v) is 22.9. The summed E-state index contributed by atoms with van der Waals surface area (Å²) in [5.74, 6) is 0.503. The number of carbonyl (C=O) groups excluding carboxylic acids is 2. The number of rotatable bonds is 9. The van der Waals surface area contributed by atoms with E-state index in [-0.39, 0.29) is 22.5 Å². The molecule has 3 unspecified atom stereocenters. The molecule has 0 saturated heterocycles. The van der Waals surface area contributed by atoms with Crippen molar-refractivity contribution in [1.82, 2.24) is 4.57 Å². The summed E-state index contributed by atoms with van der Waals surface area (Å²) in [5.41, 5.74) is 14.1. The van der Waals surface area contributed by atoms with Crippen molar-refractivity contribution in [3.05, 3.63) is 228 Å². The molecule has 4 nitrogen and oxygen atoms in total. The summed E-state index contributed by atoms with van der Waals surface area (Å²) in [5, 5.41) is 4.75. The highest BCUT2D eigenvalue weighted by molar-refractivity contribution is 6.13. The maximum atomic E-state index is 13.6. The minimum Gasteiger partial charge on any atom is -0.309 e. The van der Waals surface area contributed by atoms with E-state index in [1.807, 2.05) is 97.1 Å². The van der Waals surface area contributed by atoms with Crippen LogP contribution in [0, 0.1) is 5.92 Å². The molecule has 0 bridgehead atoms. The lowest BCUT2D eigenvalue weighted by molar-refractivity contribution is -0.737. The molecule has 65 heavy (non-hydrogen) atoms. The Balaban J connectivity index is 1.06. The van der Waals surface area contributed by atoms with E-state index in [9.17, 15) is 9.59 Å². The summed E-state index contributed by atoms with van der Waals surface area (Å²) < 4.78 is 5.07. The van der Waals surface area contributed by atoms with Crippen LogP contribution in [0.1, 0.15) is 71.0 Å². The second-order valence-corrected chi connectivity index (χ2v) is 18.0. The Morgan fingerprint density at radius 3 is 1.62 bits per heavy atom. The normalized spacial score (nSPS) is 18.3. The molecule has 312 valence electrons. The van der Waals surface area contributed by atoms with E-state index in [1.165, 1.54) is 27.6 Å². The fraction of sp³-hybridized carbons (Fsp3) is 0.131. The standard InChI is InChI=1S/C61H47N2O2/c1-4-60-39(3)61(60,5-2)62-33-32-40-16-12-13-25-50(40)57(62)53-38-49(28-29-54(53)60)63-55-30-26-45(43-21-14-23-47(34-43)58(64)41-17-8-6-9-18-41)36-51(55)52-37-46(27-31-56(52)63)44-22-15-24-48(35-44)59(65)42-19-10-7-11-20-42/h6-39H,4-5H2,1-3H3/q+1. The highest BCUT2D eigenvalue weighted by Crippen LogP contribution is 2.72. The number of hydrogen-bond acceptors (Lipinski definition) is 2. The molecule has 0 N–H and O–H groups in total. The minimum absolute atomic E-state index is 0.00398. The van der Waals surface area contributed by atoms with Gasteiger partial charge >= 0.3 is 0 Å². The predicted molar refractivity (Wildman–Crippen MR) is 264 cm³/mol. The van der Waals surface area contributed by atoms with E-state index in [1.54, 1.807) is 0 Å². The number of carbonyl (C=O) groups is 2. The summed E-state index contributed by atoms with van der Waals surface area (Å²) in [6.45, 7) is 7.21. The zero-order valence-corrected chi connectivity index (χ0v) is 36.8. The Morgan fingerprint density at radius 1 is 0.508 bits per heavy atom. The molecule has 12 rings (SSSR count). The van der Waals surface area contributed by atoms with Gasteiger partial charge in [-0.15, -0.1) is 0 Å². The van der Waals surface area contributed by atoms with Gasteiger partial charge in [0.25, 0.3) is 0 Å². The van der Waals surface area contributed by atoms with Gasteiger partial charge in [-0.25, -0.2) is 0 Å². The molecule has 10 aromatic rings. The van der Waals surface area contributed by atoms with E-state index in [0.29, 0.717) is 28.2 Å². The molecule has 8 aromatic carbocycles. The molecule has 4 heteroatoms. The summed E-state index contributed by atoms with van der Waals surface area (Å²) in [6, 6.07) is 66.7. The van der Waals surface area contributed by atoms with Crippen LogP contribution in [0.4, 0.5) is 0 Å². The van der Waals surface area contributed by atoms with Crippen molar-refractivity contribution in [3.8, 4) is 39.2 Å². The number of fused-ring (bicyclic) bond motifs is 11. The van der Waals surface area contributed by atoms with E-state index in [0.717, 1.165) is 62.6 Å². The van der Waals surface area contributed by atoms with Crippen molar-refractivity contribution in [2.24, 2.45) is 5.92 Å². The van der Waals surface area contributed by atoms with Gasteiger partial charge in [0.05, 0.1) is 27.4 Å². The number of nitrogens with zero attached hydrogens (tertiary/aromatic N) is 2. The van der Waals surface area contributed by atoms with Crippen LogP contribution in [0.15, 0.2) is 200 Å². The maximum absolute atomic E-state index is 13.6. The van der Waals surface area contributed by atoms with E-state index < -0.39 is 0 Å². The zero-order chi connectivity index (χ0) is 44.0. The molecule has 3 heterocycles. The van der Waals surface area contributed by atoms with Crippen molar-refractivity contribution in [3.63, 3.8) is 0 Å². The Labute approximate surface area is 379 Å². The number of ketones is 2. The molecule has 3 atom stereocenters. The van der Waals surface area contributed by atoms with Gasteiger partial charge in [-0.05, 0) is 94.2 Å². The lowest BCUT2D eigenvalue weighted by Gasteiger charge is -2.29. The van der Waals surface area contributed by atoms with Crippen LogP contribution < -0.4 is 4.57 Å². The molecule has 0 spiro atoms. The molecule has 0 amide bonds. The summed E-state index contributed by atoms with van der Waals surface area (Å²) in [6.07, 6.45) is 4.51. The summed E-state index contributed by atoms with van der Waals surface area (Å²) in [4.78, 5) is 27.3. The summed E-state index contributed by atoms with van der Waals surface area (Å²) in [7, 11) is 0. The van der Waals surface area contributed by atoms with Crippen LogP contribution in [-0.2, 0) is 11.0 Å². The minimum atomic E-state index is 0.00398. The molecular formula is C61H47N2O2+. The third-order valence-corrected chi connectivity index (χ3v) is 15.3. The Kier molecular flexibility index (Phi) is 8.80. The SMILES string of the molecule is CCC12c3ccc(-n4c5ccc(-c6cccc(C(=O)c7ccccc7)c6)cc5c5cc(-c6cccc(C(=O)c7ccccc7)c6)ccc54)cc3-c3c4ccccc4cc[n+]3C1(CC)C2C. The van der Waals surface area contributed by atoms with Gasteiger partial charge in [-0.1, -0.05) is 154 Å². The summed E-state index contributed by atoms with van der Waals surface area (Å²) >= 11 is 0. The molecular weight excluding hydrogens is 793 g/mol. The molecule has 1 aliphatic heterocycles. The van der Waals surface area contributed by atoms with Gasteiger partial charge in [-0.2, -0.15) is 4.57 Å². The van der Waals surface area contributed by atoms with Gasteiger partial charge in [0, 0.05) is 57.1 Å². The number of pyridine rings is 1. The lowest BCUT2D eigenvalue weighted by atomic mass is 9.78. The van der Waals surface area contributed by atoms with Crippen LogP contribution in [0.3, 0.4) is 0 Å².